The average Bonchev–Trinajstić information content (AvgIpc) is 3.45. The highest BCUT2D eigenvalue weighted by molar-refractivity contribution is 5.93. The van der Waals surface area contributed by atoms with Gasteiger partial charge in [-0.3, -0.25) is 14.5 Å². The topological polar surface area (TPSA) is 118 Å². The van der Waals surface area contributed by atoms with E-state index in [0.29, 0.717) is 38.8 Å². The first kappa shape index (κ1) is 27.2. The van der Waals surface area contributed by atoms with Crippen LogP contribution in [-0.2, 0) is 9.53 Å². The summed E-state index contributed by atoms with van der Waals surface area (Å²) in [6.45, 7) is 12.5. The van der Waals surface area contributed by atoms with Gasteiger partial charge < -0.3 is 29.2 Å². The number of piperidine rings is 1. The molecule has 5 rings (SSSR count). The van der Waals surface area contributed by atoms with Crippen LogP contribution < -0.4 is 5.32 Å². The maximum absolute atomic E-state index is 13.0. The zero-order chi connectivity index (χ0) is 27.4. The molecule has 2 amide bonds. The molecule has 1 aromatic rings. The second-order valence-electron chi connectivity index (χ2n) is 11.0. The Bertz CT molecular complexity index is 1150. The van der Waals surface area contributed by atoms with Gasteiger partial charge >= 0.3 is 0 Å². The minimum absolute atomic E-state index is 0.0575. The second-order valence-corrected chi connectivity index (χ2v) is 11.0. The number of amides is 2. The van der Waals surface area contributed by atoms with Crippen LogP contribution in [0.2, 0.25) is 0 Å². The number of furan rings is 1. The first-order chi connectivity index (χ1) is 18.9. The molecule has 5 heterocycles. The molecule has 1 aromatic heterocycles. The third kappa shape index (κ3) is 6.45. The summed E-state index contributed by atoms with van der Waals surface area (Å²) >= 11 is 0. The van der Waals surface area contributed by atoms with Gasteiger partial charge in [-0.05, 0) is 30.9 Å². The van der Waals surface area contributed by atoms with Crippen molar-refractivity contribution >= 4 is 17.6 Å². The Morgan fingerprint density at radius 2 is 1.74 bits per heavy atom. The first-order valence-electron chi connectivity index (χ1n) is 14.1. The number of aliphatic imine (C=N–C) groups is 1. The number of nitrogens with zero attached hydrogens (tertiary/aromatic N) is 6. The van der Waals surface area contributed by atoms with Gasteiger partial charge in [0.2, 0.25) is 11.7 Å². The number of piperazine rings is 1. The smallest absolute Gasteiger partial charge is 0.291 e. The standard InChI is InChI=1S/C28H39N7O4/c1-20-5-7-35(8-6-20)27-26(31-28(37)23-4-3-22(18-29)39-23)21(2)17-24(30-27)33-11-9-32(10-12-33)19-25(36)34-13-15-38-16-14-34/h3-4,20-21H,5-17,19H2,1-2H3,(H,31,37). The van der Waals surface area contributed by atoms with Gasteiger partial charge in [-0.25, -0.2) is 4.99 Å². The summed E-state index contributed by atoms with van der Waals surface area (Å²) in [4.78, 5) is 39.6. The fraction of sp³-hybridized carbons (Fsp3) is 0.643. The van der Waals surface area contributed by atoms with Crippen molar-refractivity contribution in [1.82, 2.24) is 24.9 Å². The van der Waals surface area contributed by atoms with Crippen molar-refractivity contribution < 1.29 is 18.7 Å². The van der Waals surface area contributed by atoms with Crippen LogP contribution in [0, 0.1) is 23.2 Å². The van der Waals surface area contributed by atoms with Crippen LogP contribution in [0.25, 0.3) is 0 Å². The summed E-state index contributed by atoms with van der Waals surface area (Å²) in [5.41, 5.74) is 0.808. The molecule has 0 saturated carbocycles. The number of hydrogen-bond donors (Lipinski definition) is 1. The van der Waals surface area contributed by atoms with Crippen molar-refractivity contribution in [2.75, 3.05) is 72.1 Å². The number of carbonyl (C=O) groups excluding carboxylic acids is 2. The van der Waals surface area contributed by atoms with Gasteiger partial charge in [0.1, 0.15) is 11.9 Å². The fourth-order valence-electron chi connectivity index (χ4n) is 5.64. The highest BCUT2D eigenvalue weighted by Gasteiger charge is 2.32. The molecule has 3 saturated heterocycles. The number of likely N-dealkylation sites (tertiary alicyclic amines) is 1. The highest BCUT2D eigenvalue weighted by Crippen LogP contribution is 2.31. The number of amidine groups is 1. The Kier molecular flexibility index (Phi) is 8.53. The van der Waals surface area contributed by atoms with Crippen molar-refractivity contribution in [3.63, 3.8) is 0 Å². The van der Waals surface area contributed by atoms with Crippen molar-refractivity contribution in [3.8, 4) is 6.07 Å². The van der Waals surface area contributed by atoms with Crippen molar-refractivity contribution in [1.29, 1.82) is 5.26 Å². The third-order valence-electron chi connectivity index (χ3n) is 8.19. The summed E-state index contributed by atoms with van der Waals surface area (Å²) < 4.78 is 10.7. The molecular formula is C28H39N7O4. The van der Waals surface area contributed by atoms with E-state index in [4.69, 9.17) is 19.4 Å². The molecule has 0 bridgehead atoms. The lowest BCUT2D eigenvalue weighted by Crippen LogP contribution is -2.53. The minimum Gasteiger partial charge on any atom is -0.440 e. The molecule has 1 atom stereocenters. The number of morpholine rings is 1. The number of carbonyl (C=O) groups is 2. The number of allylic oxidation sites excluding steroid dienone is 1. The summed E-state index contributed by atoms with van der Waals surface area (Å²) in [6, 6.07) is 4.96. The van der Waals surface area contributed by atoms with Gasteiger partial charge in [-0.15, -0.1) is 0 Å². The van der Waals surface area contributed by atoms with Crippen LogP contribution in [-0.4, -0.2) is 109 Å². The molecule has 0 spiro atoms. The van der Waals surface area contributed by atoms with Gasteiger partial charge in [0, 0.05) is 64.7 Å². The van der Waals surface area contributed by atoms with E-state index < -0.39 is 0 Å². The molecule has 0 radical (unpaired) electrons. The van der Waals surface area contributed by atoms with E-state index in [-0.39, 0.29) is 29.3 Å². The number of nitrogens with one attached hydrogen (secondary N) is 1. The molecule has 3 fully saturated rings. The van der Waals surface area contributed by atoms with Crippen LogP contribution in [0.1, 0.15) is 49.4 Å². The third-order valence-corrected chi connectivity index (χ3v) is 8.19. The average molecular weight is 538 g/mol. The lowest BCUT2D eigenvalue weighted by molar-refractivity contribution is -0.136. The minimum atomic E-state index is -0.363. The maximum atomic E-state index is 13.0. The zero-order valence-electron chi connectivity index (χ0n) is 23.0. The zero-order valence-corrected chi connectivity index (χ0v) is 23.0. The Morgan fingerprint density at radius 3 is 2.41 bits per heavy atom. The molecule has 1 unspecified atom stereocenters. The van der Waals surface area contributed by atoms with Crippen LogP contribution in [0.3, 0.4) is 0 Å². The monoisotopic (exact) mass is 537 g/mol. The van der Waals surface area contributed by atoms with Crippen LogP contribution in [0.4, 0.5) is 0 Å². The summed E-state index contributed by atoms with van der Waals surface area (Å²) in [6.07, 6.45) is 2.89. The molecule has 4 aliphatic rings. The van der Waals surface area contributed by atoms with E-state index in [1.54, 1.807) is 0 Å². The first-order valence-corrected chi connectivity index (χ1v) is 14.1. The lowest BCUT2D eigenvalue weighted by Gasteiger charge is -2.41. The van der Waals surface area contributed by atoms with Crippen molar-refractivity contribution in [2.45, 2.75) is 33.1 Å². The molecule has 39 heavy (non-hydrogen) atoms. The fourth-order valence-corrected chi connectivity index (χ4v) is 5.64. The Hall–Kier alpha value is -3.36. The van der Waals surface area contributed by atoms with Gasteiger partial charge in [0.25, 0.3) is 5.91 Å². The number of hydrogen-bond acceptors (Lipinski definition) is 9. The predicted octanol–water partition coefficient (Wildman–Crippen LogP) is 1.70. The van der Waals surface area contributed by atoms with E-state index >= 15 is 0 Å². The molecule has 4 aliphatic heterocycles. The van der Waals surface area contributed by atoms with E-state index in [2.05, 4.69) is 33.9 Å². The van der Waals surface area contributed by atoms with E-state index in [1.165, 1.54) is 12.1 Å². The van der Waals surface area contributed by atoms with Crippen LogP contribution >= 0.6 is 0 Å². The van der Waals surface area contributed by atoms with E-state index in [0.717, 1.165) is 75.9 Å². The summed E-state index contributed by atoms with van der Waals surface area (Å²) in [7, 11) is 0. The van der Waals surface area contributed by atoms with E-state index in [9.17, 15) is 9.59 Å². The molecule has 11 nitrogen and oxygen atoms in total. The molecular weight excluding hydrogens is 498 g/mol. The van der Waals surface area contributed by atoms with E-state index in [1.807, 2.05) is 11.0 Å². The summed E-state index contributed by atoms with van der Waals surface area (Å²) in [5, 5.41) is 12.1. The van der Waals surface area contributed by atoms with Crippen molar-refractivity contribution in [2.24, 2.45) is 16.8 Å². The van der Waals surface area contributed by atoms with Crippen LogP contribution in [0.15, 0.2) is 33.1 Å². The Balaban J connectivity index is 1.29. The maximum Gasteiger partial charge on any atom is 0.291 e. The van der Waals surface area contributed by atoms with Crippen LogP contribution in [0.5, 0.6) is 0 Å². The number of rotatable bonds is 5. The number of nitriles is 1. The van der Waals surface area contributed by atoms with Crippen molar-refractivity contribution in [3.05, 3.63) is 35.2 Å². The number of ether oxygens (including phenoxy) is 1. The van der Waals surface area contributed by atoms with Gasteiger partial charge in [-0.1, -0.05) is 13.8 Å². The SMILES string of the molecule is CC1CCN(C2=C(NC(=O)c3ccc(C#N)o3)C(C)CC(N3CCN(CC(=O)N4CCOCC4)CC3)=N2)CC1. The quantitative estimate of drug-likeness (QED) is 0.603. The highest BCUT2D eigenvalue weighted by atomic mass is 16.5. The normalized spacial score (nSPS) is 23.5. The summed E-state index contributed by atoms with van der Waals surface area (Å²) in [5.74, 6) is 2.65. The lowest BCUT2D eigenvalue weighted by atomic mass is 9.96. The van der Waals surface area contributed by atoms with Gasteiger partial charge in [0.05, 0.1) is 25.5 Å². The molecule has 210 valence electrons. The largest absolute Gasteiger partial charge is 0.440 e. The Labute approximate surface area is 230 Å². The molecule has 11 heteroatoms. The molecule has 1 N–H and O–H groups in total. The molecule has 0 aromatic carbocycles. The second kappa shape index (κ2) is 12.2. The molecule has 0 aliphatic carbocycles. The Morgan fingerprint density at radius 1 is 1.03 bits per heavy atom. The van der Waals surface area contributed by atoms with Gasteiger partial charge in [0.15, 0.2) is 11.6 Å². The predicted molar refractivity (Wildman–Crippen MR) is 145 cm³/mol. The van der Waals surface area contributed by atoms with Gasteiger partial charge in [-0.2, -0.15) is 5.26 Å².